The summed E-state index contributed by atoms with van der Waals surface area (Å²) < 4.78 is 7.06. The number of aromatic nitrogens is 4. The Labute approximate surface area is 173 Å². The fourth-order valence-electron chi connectivity index (χ4n) is 3.55. The number of nitrogens with zero attached hydrogens (tertiary/aromatic N) is 4. The molecule has 1 saturated heterocycles. The Morgan fingerprint density at radius 2 is 1.93 bits per heavy atom. The minimum absolute atomic E-state index is 0.171. The minimum Gasteiger partial charge on any atom is -0.394 e. The third-order valence-corrected chi connectivity index (χ3v) is 5.59. The van der Waals surface area contributed by atoms with E-state index < -0.39 is 31.1 Å². The third kappa shape index (κ3) is 3.58. The van der Waals surface area contributed by atoms with E-state index in [1.807, 2.05) is 12.1 Å². The lowest BCUT2D eigenvalue weighted by Gasteiger charge is -2.17. The van der Waals surface area contributed by atoms with Crippen LogP contribution in [0.2, 0.25) is 0 Å². The van der Waals surface area contributed by atoms with Crippen LogP contribution in [-0.2, 0) is 4.74 Å². The quantitative estimate of drug-likeness (QED) is 0.401. The van der Waals surface area contributed by atoms with Crippen molar-refractivity contribution in [3.63, 3.8) is 0 Å². The summed E-state index contributed by atoms with van der Waals surface area (Å²) in [7, 11) is 0. The highest BCUT2D eigenvalue weighted by Gasteiger charge is 2.44. The Morgan fingerprint density at radius 1 is 1.20 bits per heavy atom. The van der Waals surface area contributed by atoms with Crippen LogP contribution in [0.4, 0.5) is 17.5 Å². The molecule has 0 spiro atoms. The van der Waals surface area contributed by atoms with Crippen molar-refractivity contribution in [1.29, 1.82) is 0 Å². The Kier molecular flexibility index (Phi) is 5.56. The second-order valence-corrected chi connectivity index (χ2v) is 7.54. The molecular weight excluding hydrogens is 388 g/mol. The molecule has 1 aromatic carbocycles. The Morgan fingerprint density at radius 3 is 2.57 bits per heavy atom. The first-order valence-corrected chi connectivity index (χ1v) is 9.92. The number of nitrogen functional groups attached to an aromatic ring is 1. The molecule has 30 heavy (non-hydrogen) atoms. The number of rotatable bonds is 6. The molecule has 4 rings (SSSR count). The number of benzene rings is 1. The first-order valence-electron chi connectivity index (χ1n) is 9.92. The van der Waals surface area contributed by atoms with E-state index >= 15 is 0 Å². The largest absolute Gasteiger partial charge is 0.394 e. The molecule has 1 aliphatic rings. The number of anilines is 3. The van der Waals surface area contributed by atoms with E-state index in [0.29, 0.717) is 17.1 Å². The second-order valence-electron chi connectivity index (χ2n) is 7.54. The van der Waals surface area contributed by atoms with E-state index in [1.165, 1.54) is 16.5 Å². The number of nitrogens with two attached hydrogens (primary N) is 1. The van der Waals surface area contributed by atoms with Crippen LogP contribution < -0.4 is 11.1 Å². The van der Waals surface area contributed by atoms with Gasteiger partial charge in [-0.1, -0.05) is 26.0 Å². The molecule has 3 heterocycles. The number of imidazole rings is 1. The molecule has 0 amide bonds. The summed E-state index contributed by atoms with van der Waals surface area (Å²) in [5, 5.41) is 32.8. The van der Waals surface area contributed by atoms with Gasteiger partial charge in [-0.2, -0.15) is 9.97 Å². The normalized spacial score (nSPS) is 25.0. The molecule has 1 unspecified atom stereocenters. The lowest BCUT2D eigenvalue weighted by molar-refractivity contribution is -0.0511. The predicted molar refractivity (Wildman–Crippen MR) is 111 cm³/mol. The highest BCUT2D eigenvalue weighted by molar-refractivity contribution is 5.83. The predicted octanol–water partition coefficient (Wildman–Crippen LogP) is 1.28. The van der Waals surface area contributed by atoms with Gasteiger partial charge < -0.3 is 31.1 Å². The maximum absolute atomic E-state index is 10.3. The summed E-state index contributed by atoms with van der Waals surface area (Å²) in [6, 6.07) is 8.02. The summed E-state index contributed by atoms with van der Waals surface area (Å²) in [5.41, 5.74) is 8.81. The molecule has 0 bridgehead atoms. The average Bonchev–Trinajstić information content (AvgIpc) is 3.29. The Hall–Kier alpha value is -2.79. The number of aliphatic hydroxyl groups excluding tert-OH is 3. The van der Waals surface area contributed by atoms with Crippen LogP contribution in [0.25, 0.3) is 11.2 Å². The maximum atomic E-state index is 10.3. The van der Waals surface area contributed by atoms with Crippen molar-refractivity contribution in [3.8, 4) is 0 Å². The van der Waals surface area contributed by atoms with Crippen LogP contribution in [0.15, 0.2) is 30.6 Å². The van der Waals surface area contributed by atoms with Crippen molar-refractivity contribution in [2.45, 2.75) is 50.7 Å². The topological polar surface area (TPSA) is 152 Å². The summed E-state index contributed by atoms with van der Waals surface area (Å²) in [6.45, 7) is 3.91. The van der Waals surface area contributed by atoms with Gasteiger partial charge in [0.05, 0.1) is 12.9 Å². The standard InChI is InChI=1S/C20H26N6O4/c1-3-10(2)11-4-6-12(7-5-11)23-20-24-17(21)14-18(25-20)26(9-22-14)19-16(29)15(28)13(8-27)30-19/h4-7,9-10,13,15-16,19,27-29H,3,8H2,1-2H3,(H3,21,23,24,25)/t10?,13-,15-,16-,19-/m1/s1. The zero-order valence-corrected chi connectivity index (χ0v) is 16.8. The molecule has 10 heteroatoms. The summed E-state index contributed by atoms with van der Waals surface area (Å²) >= 11 is 0. The number of aliphatic hydroxyl groups is 3. The molecule has 0 saturated carbocycles. The summed E-state index contributed by atoms with van der Waals surface area (Å²) in [4.78, 5) is 13.0. The third-order valence-electron chi connectivity index (χ3n) is 5.59. The maximum Gasteiger partial charge on any atom is 0.231 e. The first kappa shape index (κ1) is 20.5. The van der Waals surface area contributed by atoms with Crippen molar-refractivity contribution in [2.24, 2.45) is 0 Å². The summed E-state index contributed by atoms with van der Waals surface area (Å²) in [6.07, 6.45) is -1.85. The molecule has 5 atom stereocenters. The van der Waals surface area contributed by atoms with Gasteiger partial charge in [0.15, 0.2) is 17.7 Å². The van der Waals surface area contributed by atoms with Gasteiger partial charge in [0, 0.05) is 5.69 Å². The summed E-state index contributed by atoms with van der Waals surface area (Å²) in [5.74, 6) is 0.918. The molecule has 1 aliphatic heterocycles. The van der Waals surface area contributed by atoms with Crippen molar-refractivity contribution in [3.05, 3.63) is 36.2 Å². The number of hydrogen-bond donors (Lipinski definition) is 5. The number of nitrogens with one attached hydrogen (secondary N) is 1. The van der Waals surface area contributed by atoms with Gasteiger partial charge in [-0.25, -0.2) is 4.98 Å². The molecule has 10 nitrogen and oxygen atoms in total. The smallest absolute Gasteiger partial charge is 0.231 e. The van der Waals surface area contributed by atoms with E-state index in [-0.39, 0.29) is 11.8 Å². The van der Waals surface area contributed by atoms with Crippen molar-refractivity contribution in [2.75, 3.05) is 17.7 Å². The monoisotopic (exact) mass is 414 g/mol. The first-order chi connectivity index (χ1) is 14.4. The van der Waals surface area contributed by atoms with E-state index in [1.54, 1.807) is 0 Å². The van der Waals surface area contributed by atoms with Crippen LogP contribution >= 0.6 is 0 Å². The Bertz CT molecular complexity index is 1020. The average molecular weight is 414 g/mol. The number of fused-ring (bicyclic) bond motifs is 1. The van der Waals surface area contributed by atoms with Crippen LogP contribution in [0, 0.1) is 0 Å². The molecule has 3 aromatic rings. The van der Waals surface area contributed by atoms with Crippen molar-refractivity contribution >= 4 is 28.6 Å². The molecule has 6 N–H and O–H groups in total. The molecule has 2 aromatic heterocycles. The van der Waals surface area contributed by atoms with E-state index in [4.69, 9.17) is 10.5 Å². The molecule has 1 fully saturated rings. The van der Waals surface area contributed by atoms with Gasteiger partial charge in [0.25, 0.3) is 0 Å². The molecule has 0 radical (unpaired) electrons. The lowest BCUT2D eigenvalue weighted by atomic mass is 9.99. The Balaban J connectivity index is 1.64. The zero-order chi connectivity index (χ0) is 21.4. The van der Waals surface area contributed by atoms with Crippen LogP contribution in [0.3, 0.4) is 0 Å². The molecular formula is C20H26N6O4. The van der Waals surface area contributed by atoms with Gasteiger partial charge in [0.1, 0.15) is 23.8 Å². The van der Waals surface area contributed by atoms with Gasteiger partial charge in [-0.15, -0.1) is 0 Å². The van der Waals surface area contributed by atoms with Gasteiger partial charge in [0.2, 0.25) is 5.95 Å². The number of hydrogen-bond acceptors (Lipinski definition) is 9. The fraction of sp³-hybridized carbons (Fsp3) is 0.450. The van der Waals surface area contributed by atoms with Crippen LogP contribution in [0.5, 0.6) is 0 Å². The van der Waals surface area contributed by atoms with Crippen LogP contribution in [0.1, 0.15) is 38.0 Å². The molecule has 0 aliphatic carbocycles. The van der Waals surface area contributed by atoms with Gasteiger partial charge >= 0.3 is 0 Å². The van der Waals surface area contributed by atoms with Crippen molar-refractivity contribution in [1.82, 2.24) is 19.5 Å². The highest BCUT2D eigenvalue weighted by Crippen LogP contribution is 2.32. The number of ether oxygens (including phenoxy) is 1. The highest BCUT2D eigenvalue weighted by atomic mass is 16.6. The van der Waals surface area contributed by atoms with Crippen molar-refractivity contribution < 1.29 is 20.1 Å². The fourth-order valence-corrected chi connectivity index (χ4v) is 3.55. The van der Waals surface area contributed by atoms with Gasteiger partial charge in [-0.3, -0.25) is 4.57 Å². The van der Waals surface area contributed by atoms with E-state index in [9.17, 15) is 15.3 Å². The van der Waals surface area contributed by atoms with Gasteiger partial charge in [-0.05, 0) is 30.0 Å². The second kappa shape index (κ2) is 8.15. The minimum atomic E-state index is -1.25. The SMILES string of the molecule is CCC(C)c1ccc(Nc2nc(N)c3ncn([C@@H]4O[C@H](CO)[C@@H](O)[C@H]4O)c3n2)cc1. The molecule has 160 valence electrons. The zero-order valence-electron chi connectivity index (χ0n) is 16.8. The van der Waals surface area contributed by atoms with Crippen LogP contribution in [-0.4, -0.2) is 59.8 Å². The lowest BCUT2D eigenvalue weighted by Crippen LogP contribution is -2.33. The van der Waals surface area contributed by atoms with E-state index in [2.05, 4.69) is 46.2 Å². The van der Waals surface area contributed by atoms with E-state index in [0.717, 1.165) is 12.1 Å².